The maximum absolute atomic E-state index is 12.0. The highest BCUT2D eigenvalue weighted by atomic mass is 16.5. The molecule has 0 aliphatic rings. The zero-order valence-electron chi connectivity index (χ0n) is 32.4. The normalized spacial score (nSPS) is 11.5. The van der Waals surface area contributed by atoms with Crippen LogP contribution in [0.3, 0.4) is 0 Å². The minimum atomic E-state index is -0.658. The van der Waals surface area contributed by atoms with Gasteiger partial charge >= 0.3 is 11.9 Å². The van der Waals surface area contributed by atoms with Crippen LogP contribution in [-0.2, 0) is 14.3 Å². The molecule has 0 aliphatic heterocycles. The first-order chi connectivity index (χ1) is 23.7. The maximum Gasteiger partial charge on any atom is 0.305 e. The minimum absolute atomic E-state index is 0.0136. The number of ether oxygens (including phenoxy) is 1. The average Bonchev–Trinajstić information content (AvgIpc) is 3.08. The number of hydrogen-bond acceptors (Lipinski definition) is 3. The SMILES string of the molecule is CCCCCCC=CCCCCCCCCCCCC(=O)OCCCCCCCCCCCCCCCCCCCCCCCC(=O)O. The molecule has 0 rings (SSSR count). The predicted molar refractivity (Wildman–Crippen MR) is 209 cm³/mol. The Morgan fingerprint density at radius 3 is 1.04 bits per heavy atom. The molecule has 1 N–H and O–H groups in total. The fourth-order valence-electron chi connectivity index (χ4n) is 6.69. The third kappa shape index (κ3) is 42.7. The molecule has 0 heterocycles. The van der Waals surface area contributed by atoms with Crippen molar-refractivity contribution in [2.75, 3.05) is 6.61 Å². The Balaban J connectivity index is 3.17. The standard InChI is InChI=1S/C44H84O4/c1-2-3-4-5-6-7-8-9-10-16-20-23-26-29-32-35-38-41-44(47)48-42-39-36-33-30-27-24-21-18-15-13-11-12-14-17-19-22-25-28-31-34-37-40-43(45)46/h7-8H,2-6,9-42H2,1H3,(H,45,46). The number of allylic oxidation sites excluding steroid dienone is 2. The molecule has 0 saturated carbocycles. The summed E-state index contributed by atoms with van der Waals surface area (Å²) >= 11 is 0. The van der Waals surface area contributed by atoms with Gasteiger partial charge in [-0.3, -0.25) is 9.59 Å². The van der Waals surface area contributed by atoms with Gasteiger partial charge in [0.1, 0.15) is 0 Å². The lowest BCUT2D eigenvalue weighted by Crippen LogP contribution is -2.05. The van der Waals surface area contributed by atoms with Gasteiger partial charge in [0.05, 0.1) is 6.61 Å². The van der Waals surface area contributed by atoms with Gasteiger partial charge in [-0.2, -0.15) is 0 Å². The quantitative estimate of drug-likeness (QED) is 0.0398. The van der Waals surface area contributed by atoms with E-state index in [0.29, 0.717) is 19.4 Å². The van der Waals surface area contributed by atoms with Crippen molar-refractivity contribution in [1.29, 1.82) is 0 Å². The van der Waals surface area contributed by atoms with Crippen molar-refractivity contribution in [3.63, 3.8) is 0 Å². The molecule has 0 saturated heterocycles. The highest BCUT2D eigenvalue weighted by Crippen LogP contribution is 2.16. The maximum atomic E-state index is 12.0. The summed E-state index contributed by atoms with van der Waals surface area (Å²) in [5, 5.41) is 8.65. The summed E-state index contributed by atoms with van der Waals surface area (Å²) in [6, 6.07) is 0. The van der Waals surface area contributed by atoms with Gasteiger partial charge in [0.15, 0.2) is 0 Å². The largest absolute Gasteiger partial charge is 0.481 e. The van der Waals surface area contributed by atoms with Crippen LogP contribution in [0, 0.1) is 0 Å². The molecule has 0 atom stereocenters. The van der Waals surface area contributed by atoms with Crippen LogP contribution in [0.5, 0.6) is 0 Å². The number of hydrogen-bond donors (Lipinski definition) is 1. The van der Waals surface area contributed by atoms with Crippen molar-refractivity contribution < 1.29 is 19.4 Å². The summed E-state index contributed by atoms with van der Waals surface area (Å²) in [4.78, 5) is 22.5. The van der Waals surface area contributed by atoms with Crippen molar-refractivity contribution in [2.45, 2.75) is 251 Å². The van der Waals surface area contributed by atoms with E-state index < -0.39 is 5.97 Å². The lowest BCUT2D eigenvalue weighted by atomic mass is 10.0. The number of unbranched alkanes of at least 4 members (excludes halogenated alkanes) is 33. The van der Waals surface area contributed by atoms with E-state index in [0.717, 1.165) is 25.7 Å². The molecule has 0 aromatic carbocycles. The molecule has 0 aromatic rings. The number of carboxylic acids is 1. The second kappa shape index (κ2) is 41.8. The van der Waals surface area contributed by atoms with Crippen molar-refractivity contribution in [3.8, 4) is 0 Å². The highest BCUT2D eigenvalue weighted by Gasteiger charge is 2.03. The minimum Gasteiger partial charge on any atom is -0.481 e. The van der Waals surface area contributed by atoms with Crippen molar-refractivity contribution >= 4 is 11.9 Å². The van der Waals surface area contributed by atoms with E-state index in [2.05, 4.69) is 19.1 Å². The highest BCUT2D eigenvalue weighted by molar-refractivity contribution is 5.69. The third-order valence-electron chi connectivity index (χ3n) is 9.94. The Hall–Kier alpha value is -1.32. The van der Waals surface area contributed by atoms with Gasteiger partial charge in [-0.1, -0.05) is 205 Å². The van der Waals surface area contributed by atoms with Crippen LogP contribution in [0.1, 0.15) is 251 Å². The van der Waals surface area contributed by atoms with E-state index in [9.17, 15) is 9.59 Å². The zero-order chi connectivity index (χ0) is 34.9. The molecule has 48 heavy (non-hydrogen) atoms. The smallest absolute Gasteiger partial charge is 0.305 e. The molecule has 0 fully saturated rings. The van der Waals surface area contributed by atoms with E-state index in [1.807, 2.05) is 0 Å². The lowest BCUT2D eigenvalue weighted by Gasteiger charge is -2.06. The number of rotatable bonds is 41. The number of carbonyl (C=O) groups is 2. The van der Waals surface area contributed by atoms with E-state index in [4.69, 9.17) is 9.84 Å². The monoisotopic (exact) mass is 677 g/mol. The van der Waals surface area contributed by atoms with Gasteiger partial charge in [0.2, 0.25) is 0 Å². The van der Waals surface area contributed by atoms with Crippen molar-refractivity contribution in [2.24, 2.45) is 0 Å². The van der Waals surface area contributed by atoms with Crippen molar-refractivity contribution in [1.82, 2.24) is 0 Å². The molecular weight excluding hydrogens is 592 g/mol. The van der Waals surface area contributed by atoms with Crippen LogP contribution >= 0.6 is 0 Å². The van der Waals surface area contributed by atoms with Crippen LogP contribution in [0.2, 0.25) is 0 Å². The first-order valence-corrected chi connectivity index (χ1v) is 21.7. The fourth-order valence-corrected chi connectivity index (χ4v) is 6.69. The molecule has 284 valence electrons. The fraction of sp³-hybridized carbons (Fsp3) is 0.909. The van der Waals surface area contributed by atoms with Gasteiger partial charge < -0.3 is 9.84 Å². The van der Waals surface area contributed by atoms with E-state index in [-0.39, 0.29) is 5.97 Å². The number of carboxylic acid groups (broad SMARTS) is 1. The summed E-state index contributed by atoms with van der Waals surface area (Å²) in [6.07, 6.45) is 52.5. The van der Waals surface area contributed by atoms with Crippen LogP contribution in [0.4, 0.5) is 0 Å². The van der Waals surface area contributed by atoms with Gasteiger partial charge in [-0.15, -0.1) is 0 Å². The molecule has 0 amide bonds. The van der Waals surface area contributed by atoms with Gasteiger partial charge in [0, 0.05) is 12.8 Å². The second-order valence-corrected chi connectivity index (χ2v) is 14.8. The van der Waals surface area contributed by atoms with Crippen molar-refractivity contribution in [3.05, 3.63) is 12.2 Å². The Bertz CT molecular complexity index is 673. The van der Waals surface area contributed by atoms with E-state index in [1.165, 1.54) is 205 Å². The van der Waals surface area contributed by atoms with Crippen LogP contribution < -0.4 is 0 Å². The summed E-state index contributed by atoms with van der Waals surface area (Å²) in [5.74, 6) is -0.644. The Morgan fingerprint density at radius 1 is 0.396 bits per heavy atom. The lowest BCUT2D eigenvalue weighted by molar-refractivity contribution is -0.144. The first-order valence-electron chi connectivity index (χ1n) is 21.7. The Labute approximate surface area is 300 Å². The summed E-state index contributed by atoms with van der Waals surface area (Å²) in [5.41, 5.74) is 0. The molecular formula is C44H84O4. The summed E-state index contributed by atoms with van der Waals surface area (Å²) in [7, 11) is 0. The topological polar surface area (TPSA) is 63.6 Å². The molecule has 0 bridgehead atoms. The second-order valence-electron chi connectivity index (χ2n) is 14.8. The molecule has 4 nitrogen and oxygen atoms in total. The van der Waals surface area contributed by atoms with Crippen LogP contribution in [0.25, 0.3) is 0 Å². The molecule has 0 aromatic heterocycles. The average molecular weight is 677 g/mol. The molecule has 4 heteroatoms. The van der Waals surface area contributed by atoms with Crippen LogP contribution in [0.15, 0.2) is 12.2 Å². The Kier molecular flexibility index (Phi) is 40.7. The van der Waals surface area contributed by atoms with E-state index >= 15 is 0 Å². The molecule has 0 aliphatic carbocycles. The van der Waals surface area contributed by atoms with E-state index in [1.54, 1.807) is 0 Å². The molecule has 0 radical (unpaired) electrons. The molecule has 0 spiro atoms. The predicted octanol–water partition coefficient (Wildman–Crippen LogP) is 15.0. The first kappa shape index (κ1) is 46.7. The van der Waals surface area contributed by atoms with Gasteiger partial charge in [-0.25, -0.2) is 0 Å². The van der Waals surface area contributed by atoms with Crippen LogP contribution in [-0.4, -0.2) is 23.7 Å². The number of esters is 1. The van der Waals surface area contributed by atoms with Gasteiger partial charge in [0.25, 0.3) is 0 Å². The third-order valence-corrected chi connectivity index (χ3v) is 9.94. The van der Waals surface area contributed by atoms with Gasteiger partial charge in [-0.05, 0) is 44.9 Å². The summed E-state index contributed by atoms with van der Waals surface area (Å²) in [6.45, 7) is 2.89. The molecule has 0 unspecified atom stereocenters. The zero-order valence-corrected chi connectivity index (χ0v) is 32.4. The number of carbonyl (C=O) groups excluding carboxylic acids is 1. The number of aliphatic carboxylic acids is 1. The summed E-state index contributed by atoms with van der Waals surface area (Å²) < 4.78 is 5.46. The Morgan fingerprint density at radius 2 is 0.688 bits per heavy atom.